The number of amides is 4. The minimum Gasteiger partial charge on any atom is -0.376 e. The highest BCUT2D eigenvalue weighted by Gasteiger charge is 2.39. The summed E-state index contributed by atoms with van der Waals surface area (Å²) in [6, 6.07) is 4.98. The third-order valence-corrected chi connectivity index (χ3v) is 6.14. The molecule has 1 aromatic carbocycles. The van der Waals surface area contributed by atoms with Crippen molar-refractivity contribution in [1.29, 1.82) is 0 Å². The number of carbonyl (C=O) groups is 4. The first-order valence-electron chi connectivity index (χ1n) is 10.3. The molecule has 8 nitrogen and oxygen atoms in total. The van der Waals surface area contributed by atoms with Gasteiger partial charge in [-0.2, -0.15) is 0 Å². The van der Waals surface area contributed by atoms with Gasteiger partial charge in [-0.25, -0.2) is 0 Å². The molecule has 2 unspecified atom stereocenters. The Morgan fingerprint density at radius 1 is 1.21 bits per heavy atom. The van der Waals surface area contributed by atoms with E-state index >= 15 is 0 Å². The Bertz CT molecular complexity index is 868. The molecule has 3 heterocycles. The molecule has 4 amide bonds. The summed E-state index contributed by atoms with van der Waals surface area (Å²) in [7, 11) is 0. The topological polar surface area (TPSA) is 98.8 Å². The van der Waals surface area contributed by atoms with Crippen molar-refractivity contribution in [3.63, 3.8) is 0 Å². The zero-order chi connectivity index (χ0) is 20.5. The fraction of sp³-hybridized carbons (Fsp3) is 0.524. The number of rotatable bonds is 4. The standard InChI is InChI=1S/C21H26N4O4/c1-13-5-2-3-10-24(13)19(27)11-22-16-7-4-6-14-15(16)12-25(21(14)29)17-8-9-18(26)23-20(17)28/h4,6-7,13,17,22H,2-3,5,8-12H2,1H3,(H,23,26,28). The molecule has 0 bridgehead atoms. The van der Waals surface area contributed by atoms with Crippen molar-refractivity contribution in [3.05, 3.63) is 29.3 Å². The predicted molar refractivity (Wildman–Crippen MR) is 106 cm³/mol. The maximum Gasteiger partial charge on any atom is 0.255 e. The highest BCUT2D eigenvalue weighted by atomic mass is 16.2. The fourth-order valence-electron chi connectivity index (χ4n) is 4.49. The van der Waals surface area contributed by atoms with Gasteiger partial charge in [-0.05, 0) is 44.7 Å². The minimum absolute atomic E-state index is 0.0566. The van der Waals surface area contributed by atoms with E-state index in [2.05, 4.69) is 17.6 Å². The summed E-state index contributed by atoms with van der Waals surface area (Å²) in [5, 5.41) is 5.51. The molecular formula is C21H26N4O4. The van der Waals surface area contributed by atoms with Crippen LogP contribution in [0.4, 0.5) is 5.69 Å². The van der Waals surface area contributed by atoms with E-state index in [-0.39, 0.29) is 43.3 Å². The van der Waals surface area contributed by atoms with Crippen LogP contribution in [-0.4, -0.2) is 58.6 Å². The lowest BCUT2D eigenvalue weighted by molar-refractivity contribution is -0.137. The van der Waals surface area contributed by atoms with Crippen LogP contribution in [0.1, 0.15) is 54.9 Å². The Kier molecular flexibility index (Phi) is 5.25. The third kappa shape index (κ3) is 3.71. The largest absolute Gasteiger partial charge is 0.376 e. The first-order chi connectivity index (χ1) is 14.0. The second-order valence-corrected chi connectivity index (χ2v) is 8.02. The van der Waals surface area contributed by atoms with E-state index in [1.54, 1.807) is 12.1 Å². The maximum atomic E-state index is 12.9. The molecule has 0 radical (unpaired) electrons. The van der Waals surface area contributed by atoms with E-state index in [0.717, 1.165) is 37.1 Å². The molecule has 0 aromatic heterocycles. The average Bonchev–Trinajstić information content (AvgIpc) is 3.04. The summed E-state index contributed by atoms with van der Waals surface area (Å²) < 4.78 is 0. The highest BCUT2D eigenvalue weighted by molar-refractivity contribution is 6.06. The summed E-state index contributed by atoms with van der Waals surface area (Å²) in [4.78, 5) is 52.5. The van der Waals surface area contributed by atoms with Crippen molar-refractivity contribution in [2.45, 2.75) is 57.7 Å². The van der Waals surface area contributed by atoms with E-state index in [9.17, 15) is 19.2 Å². The molecule has 0 aliphatic carbocycles. The first-order valence-corrected chi connectivity index (χ1v) is 10.3. The highest BCUT2D eigenvalue weighted by Crippen LogP contribution is 2.32. The summed E-state index contributed by atoms with van der Waals surface area (Å²) in [6.07, 6.45) is 3.78. The number of hydrogen-bond acceptors (Lipinski definition) is 5. The number of anilines is 1. The Balaban J connectivity index is 1.46. The number of fused-ring (bicyclic) bond motifs is 1. The molecule has 8 heteroatoms. The van der Waals surface area contributed by atoms with Crippen LogP contribution in [0.15, 0.2) is 18.2 Å². The molecule has 2 fully saturated rings. The number of carbonyl (C=O) groups excluding carboxylic acids is 4. The van der Waals surface area contributed by atoms with E-state index in [1.807, 2.05) is 11.0 Å². The molecular weight excluding hydrogens is 372 g/mol. The molecule has 2 saturated heterocycles. The van der Waals surface area contributed by atoms with Crippen LogP contribution in [-0.2, 0) is 20.9 Å². The molecule has 4 rings (SSSR count). The quantitative estimate of drug-likeness (QED) is 0.744. The Labute approximate surface area is 169 Å². The van der Waals surface area contributed by atoms with Crippen LogP contribution < -0.4 is 10.6 Å². The number of nitrogens with zero attached hydrogens (tertiary/aromatic N) is 2. The van der Waals surface area contributed by atoms with Gasteiger partial charge in [0.2, 0.25) is 17.7 Å². The zero-order valence-corrected chi connectivity index (χ0v) is 16.6. The minimum atomic E-state index is -0.642. The predicted octanol–water partition coefficient (Wildman–Crippen LogP) is 1.26. The molecule has 0 spiro atoms. The molecule has 3 aliphatic heterocycles. The lowest BCUT2D eigenvalue weighted by atomic mass is 10.0. The number of hydrogen-bond donors (Lipinski definition) is 2. The van der Waals surface area contributed by atoms with Gasteiger partial charge in [-0.15, -0.1) is 0 Å². The number of piperidine rings is 2. The lowest BCUT2D eigenvalue weighted by Gasteiger charge is -2.33. The smallest absolute Gasteiger partial charge is 0.255 e. The van der Waals surface area contributed by atoms with Crippen LogP contribution in [0.3, 0.4) is 0 Å². The number of nitrogens with one attached hydrogen (secondary N) is 2. The average molecular weight is 398 g/mol. The first kappa shape index (κ1) is 19.4. The van der Waals surface area contributed by atoms with Gasteiger partial charge in [0.25, 0.3) is 5.91 Å². The Hall–Kier alpha value is -2.90. The fourth-order valence-corrected chi connectivity index (χ4v) is 4.49. The van der Waals surface area contributed by atoms with Crippen molar-refractivity contribution in [2.75, 3.05) is 18.4 Å². The Morgan fingerprint density at radius 2 is 2.03 bits per heavy atom. The maximum absolute atomic E-state index is 12.9. The molecule has 1 aromatic rings. The van der Waals surface area contributed by atoms with Gasteiger partial charge < -0.3 is 15.1 Å². The third-order valence-electron chi connectivity index (χ3n) is 6.14. The van der Waals surface area contributed by atoms with Crippen molar-refractivity contribution in [3.8, 4) is 0 Å². The van der Waals surface area contributed by atoms with E-state index in [1.165, 1.54) is 4.90 Å². The van der Waals surface area contributed by atoms with Crippen molar-refractivity contribution >= 4 is 29.3 Å². The summed E-state index contributed by atoms with van der Waals surface area (Å²) in [6.45, 7) is 3.33. The van der Waals surface area contributed by atoms with Crippen molar-refractivity contribution in [2.24, 2.45) is 0 Å². The monoisotopic (exact) mass is 398 g/mol. The summed E-state index contributed by atoms with van der Waals surface area (Å²) in [5.41, 5.74) is 2.07. The van der Waals surface area contributed by atoms with E-state index in [4.69, 9.17) is 0 Å². The molecule has 154 valence electrons. The number of benzene rings is 1. The lowest BCUT2D eigenvalue weighted by Crippen LogP contribution is -2.52. The molecule has 2 atom stereocenters. The van der Waals surface area contributed by atoms with Crippen LogP contribution in [0.25, 0.3) is 0 Å². The van der Waals surface area contributed by atoms with Crippen LogP contribution in [0, 0.1) is 0 Å². The van der Waals surface area contributed by atoms with Crippen LogP contribution >= 0.6 is 0 Å². The summed E-state index contributed by atoms with van der Waals surface area (Å²) >= 11 is 0. The Morgan fingerprint density at radius 3 is 2.79 bits per heavy atom. The molecule has 3 aliphatic rings. The molecule has 29 heavy (non-hydrogen) atoms. The van der Waals surface area contributed by atoms with Crippen molar-refractivity contribution < 1.29 is 19.2 Å². The summed E-state index contributed by atoms with van der Waals surface area (Å²) in [5.74, 6) is -0.885. The van der Waals surface area contributed by atoms with E-state index < -0.39 is 11.9 Å². The van der Waals surface area contributed by atoms with Crippen LogP contribution in [0.5, 0.6) is 0 Å². The van der Waals surface area contributed by atoms with Gasteiger partial charge in [-0.3, -0.25) is 24.5 Å². The van der Waals surface area contributed by atoms with Gasteiger partial charge in [-0.1, -0.05) is 6.07 Å². The van der Waals surface area contributed by atoms with Crippen LogP contribution in [0.2, 0.25) is 0 Å². The normalized spacial score (nSPS) is 24.4. The second kappa shape index (κ2) is 7.85. The van der Waals surface area contributed by atoms with Gasteiger partial charge in [0, 0.05) is 42.4 Å². The van der Waals surface area contributed by atoms with Gasteiger partial charge in [0.1, 0.15) is 6.04 Å². The van der Waals surface area contributed by atoms with Gasteiger partial charge in [0.05, 0.1) is 6.54 Å². The van der Waals surface area contributed by atoms with Gasteiger partial charge >= 0.3 is 0 Å². The number of likely N-dealkylation sites (tertiary alicyclic amines) is 1. The molecule has 0 saturated carbocycles. The zero-order valence-electron chi connectivity index (χ0n) is 16.6. The van der Waals surface area contributed by atoms with E-state index in [0.29, 0.717) is 12.0 Å². The van der Waals surface area contributed by atoms with Crippen molar-refractivity contribution in [1.82, 2.24) is 15.1 Å². The van der Waals surface area contributed by atoms with Gasteiger partial charge in [0.15, 0.2) is 0 Å². The second-order valence-electron chi connectivity index (χ2n) is 8.02. The SMILES string of the molecule is CC1CCCCN1C(=O)CNc1cccc2c1CN(C1CCC(=O)NC1=O)C2=O. The number of imide groups is 1. The molecule has 2 N–H and O–H groups in total.